The minimum atomic E-state index is 0.764. The van der Waals surface area contributed by atoms with Crippen LogP contribution in [0.25, 0.3) is 0 Å². The van der Waals surface area contributed by atoms with Gasteiger partial charge in [0.2, 0.25) is 0 Å². The third kappa shape index (κ3) is 3.28. The molecule has 0 aliphatic heterocycles. The van der Waals surface area contributed by atoms with Crippen molar-refractivity contribution < 1.29 is 0 Å². The fourth-order valence-electron chi connectivity index (χ4n) is 1.79. The van der Waals surface area contributed by atoms with Crippen molar-refractivity contribution in [3.8, 4) is 0 Å². The van der Waals surface area contributed by atoms with Gasteiger partial charge in [0.25, 0.3) is 0 Å². The van der Waals surface area contributed by atoms with Gasteiger partial charge in [-0.1, -0.05) is 15.9 Å². The van der Waals surface area contributed by atoms with Crippen molar-refractivity contribution in [3.63, 3.8) is 0 Å². The summed E-state index contributed by atoms with van der Waals surface area (Å²) in [5, 5.41) is 1.32. The molecule has 0 saturated heterocycles. The molecule has 0 bridgehead atoms. The molecule has 1 atom stereocenters. The predicted molar refractivity (Wildman–Crippen MR) is 70.0 cm³/mol. The molecule has 1 saturated carbocycles. The Bertz CT molecular complexity index is 311. The summed E-state index contributed by atoms with van der Waals surface area (Å²) in [7, 11) is 0. The molecule has 1 nitrogen and oxygen atoms in total. The van der Waals surface area contributed by atoms with Gasteiger partial charge in [-0.25, -0.2) is 4.98 Å². The minimum Gasteiger partial charge on any atom is -0.246 e. The normalized spacial score (nSPS) is 18.1. The van der Waals surface area contributed by atoms with E-state index >= 15 is 0 Å². The zero-order valence-corrected chi connectivity index (χ0v) is 11.8. The fourth-order valence-corrected chi connectivity index (χ4v) is 3.62. The molecule has 0 radical (unpaired) electrons. The molecule has 84 valence electrons. The van der Waals surface area contributed by atoms with Gasteiger partial charge in [-0.2, -0.15) is 0 Å². The number of alkyl halides is 1. The molecule has 1 unspecified atom stereocenters. The van der Waals surface area contributed by atoms with E-state index in [0.717, 1.165) is 17.2 Å². The first-order valence-electron chi connectivity index (χ1n) is 5.74. The van der Waals surface area contributed by atoms with Crippen LogP contribution in [-0.4, -0.2) is 9.81 Å². The van der Waals surface area contributed by atoms with Gasteiger partial charge in [0.1, 0.15) is 0 Å². The van der Waals surface area contributed by atoms with Gasteiger partial charge in [0.05, 0.1) is 10.7 Å². The second-order valence-corrected chi connectivity index (χ2v) is 6.96. The van der Waals surface area contributed by atoms with Crippen molar-refractivity contribution in [1.29, 1.82) is 0 Å². The molecule has 0 aromatic carbocycles. The van der Waals surface area contributed by atoms with Crippen LogP contribution >= 0.6 is 27.3 Å². The predicted octanol–water partition coefficient (Wildman–Crippen LogP) is 4.26. The van der Waals surface area contributed by atoms with E-state index in [9.17, 15) is 0 Å². The highest BCUT2D eigenvalue weighted by Crippen LogP contribution is 2.38. The van der Waals surface area contributed by atoms with Crippen LogP contribution in [0, 0.1) is 19.8 Å². The number of hydrogen-bond donors (Lipinski definition) is 0. The van der Waals surface area contributed by atoms with E-state index in [1.807, 2.05) is 11.3 Å². The Balaban J connectivity index is 1.73. The first-order valence-corrected chi connectivity index (χ1v) is 7.47. The smallest absolute Gasteiger partial charge is 0.0930 e. The topological polar surface area (TPSA) is 12.9 Å². The lowest BCUT2D eigenvalue weighted by Gasteiger charge is -2.05. The van der Waals surface area contributed by atoms with E-state index in [-0.39, 0.29) is 0 Å². The maximum absolute atomic E-state index is 4.57. The molecule has 1 aromatic rings. The number of halogens is 1. The standard InChI is InChI=1S/C12H18BrNS/c1-8-9(2)15-12(14-8)5-3-4-11(13)10-6-7-10/h10-11H,3-7H2,1-2H3. The van der Waals surface area contributed by atoms with Crippen molar-refractivity contribution in [2.75, 3.05) is 0 Å². The van der Waals surface area contributed by atoms with E-state index in [1.165, 1.54) is 41.3 Å². The SMILES string of the molecule is Cc1nc(CCCC(Br)C2CC2)sc1C. The lowest BCUT2D eigenvalue weighted by Crippen LogP contribution is -2.00. The van der Waals surface area contributed by atoms with E-state index in [2.05, 4.69) is 34.8 Å². The molecular weight excluding hydrogens is 270 g/mol. The van der Waals surface area contributed by atoms with Crippen LogP contribution in [0.1, 0.15) is 41.3 Å². The Morgan fingerprint density at radius 2 is 2.20 bits per heavy atom. The van der Waals surface area contributed by atoms with E-state index < -0.39 is 0 Å². The van der Waals surface area contributed by atoms with Crippen LogP contribution in [-0.2, 0) is 6.42 Å². The Morgan fingerprint density at radius 3 is 2.73 bits per heavy atom. The maximum Gasteiger partial charge on any atom is 0.0930 e. The molecule has 3 heteroatoms. The quantitative estimate of drug-likeness (QED) is 0.738. The Hall–Kier alpha value is 0.110. The minimum absolute atomic E-state index is 0.764. The summed E-state index contributed by atoms with van der Waals surface area (Å²) in [6.45, 7) is 4.26. The van der Waals surface area contributed by atoms with Crippen molar-refractivity contribution in [2.45, 2.75) is 50.8 Å². The third-order valence-corrected chi connectivity index (χ3v) is 5.41. The van der Waals surface area contributed by atoms with Gasteiger partial charge in [-0.3, -0.25) is 0 Å². The maximum atomic E-state index is 4.57. The Labute approximate surface area is 104 Å². The largest absolute Gasteiger partial charge is 0.246 e. The first-order chi connectivity index (χ1) is 7.16. The Kier molecular flexibility index (Phi) is 3.83. The van der Waals surface area contributed by atoms with Crippen molar-refractivity contribution in [1.82, 2.24) is 4.98 Å². The molecule has 1 heterocycles. The molecular formula is C12H18BrNS. The highest BCUT2D eigenvalue weighted by atomic mass is 79.9. The summed E-state index contributed by atoms with van der Waals surface area (Å²) in [5.41, 5.74) is 1.22. The summed E-state index contributed by atoms with van der Waals surface area (Å²) in [4.78, 5) is 6.71. The van der Waals surface area contributed by atoms with Crippen molar-refractivity contribution in [2.24, 2.45) is 5.92 Å². The van der Waals surface area contributed by atoms with Crippen LogP contribution in [0.2, 0.25) is 0 Å². The summed E-state index contributed by atoms with van der Waals surface area (Å²) < 4.78 is 0. The van der Waals surface area contributed by atoms with E-state index in [0.29, 0.717) is 0 Å². The zero-order chi connectivity index (χ0) is 10.8. The van der Waals surface area contributed by atoms with Crippen LogP contribution < -0.4 is 0 Å². The van der Waals surface area contributed by atoms with Crippen LogP contribution in [0.15, 0.2) is 0 Å². The first kappa shape index (κ1) is 11.6. The lowest BCUT2D eigenvalue weighted by atomic mass is 10.1. The molecule has 15 heavy (non-hydrogen) atoms. The highest BCUT2D eigenvalue weighted by Gasteiger charge is 2.28. The molecule has 1 aliphatic carbocycles. The highest BCUT2D eigenvalue weighted by molar-refractivity contribution is 9.09. The summed E-state index contributed by atoms with van der Waals surface area (Å²) >= 11 is 5.64. The van der Waals surface area contributed by atoms with Gasteiger partial charge in [-0.05, 0) is 51.9 Å². The van der Waals surface area contributed by atoms with Gasteiger partial charge in [-0.15, -0.1) is 11.3 Å². The summed E-state index contributed by atoms with van der Waals surface area (Å²) in [6.07, 6.45) is 6.62. The van der Waals surface area contributed by atoms with Crippen LogP contribution in [0.4, 0.5) is 0 Å². The zero-order valence-electron chi connectivity index (χ0n) is 9.42. The number of aryl methyl sites for hydroxylation is 3. The van der Waals surface area contributed by atoms with E-state index in [4.69, 9.17) is 0 Å². The average Bonchev–Trinajstić information content (AvgIpc) is 2.96. The molecule has 0 amide bonds. The molecule has 1 aromatic heterocycles. The second-order valence-electron chi connectivity index (χ2n) is 4.49. The van der Waals surface area contributed by atoms with Gasteiger partial charge in [0, 0.05) is 9.70 Å². The number of thiazole rings is 1. The molecule has 2 rings (SSSR count). The van der Waals surface area contributed by atoms with Crippen molar-refractivity contribution in [3.05, 3.63) is 15.6 Å². The molecule has 1 aliphatic rings. The number of rotatable bonds is 5. The van der Waals surface area contributed by atoms with Gasteiger partial charge >= 0.3 is 0 Å². The van der Waals surface area contributed by atoms with Gasteiger partial charge < -0.3 is 0 Å². The van der Waals surface area contributed by atoms with Gasteiger partial charge in [0.15, 0.2) is 0 Å². The van der Waals surface area contributed by atoms with Crippen molar-refractivity contribution >= 4 is 27.3 Å². The lowest BCUT2D eigenvalue weighted by molar-refractivity contribution is 0.652. The van der Waals surface area contributed by atoms with Crippen LogP contribution in [0.3, 0.4) is 0 Å². The Morgan fingerprint density at radius 1 is 1.47 bits per heavy atom. The number of aromatic nitrogens is 1. The van der Waals surface area contributed by atoms with Crippen LogP contribution in [0.5, 0.6) is 0 Å². The second kappa shape index (κ2) is 4.96. The molecule has 1 fully saturated rings. The molecule has 0 N–H and O–H groups in total. The number of nitrogens with zero attached hydrogens (tertiary/aromatic N) is 1. The summed E-state index contributed by atoms with van der Waals surface area (Å²) in [5.74, 6) is 0.977. The van der Waals surface area contributed by atoms with E-state index in [1.54, 1.807) is 0 Å². The molecule has 0 spiro atoms. The monoisotopic (exact) mass is 287 g/mol. The third-order valence-electron chi connectivity index (χ3n) is 3.08. The average molecular weight is 288 g/mol. The number of hydrogen-bond acceptors (Lipinski definition) is 2. The fraction of sp³-hybridized carbons (Fsp3) is 0.750. The summed E-state index contributed by atoms with van der Waals surface area (Å²) in [6, 6.07) is 0.